The van der Waals surface area contributed by atoms with Crippen LogP contribution in [0.25, 0.3) is 0 Å². The summed E-state index contributed by atoms with van der Waals surface area (Å²) in [5.74, 6) is -4.01. The Morgan fingerprint density at radius 1 is 0.540 bits per heavy atom. The maximum absolute atomic E-state index is 12.5. The molecule has 0 amide bonds. The number of carbonyl (C=O) groups excluding carboxylic acids is 5. The second-order valence-electron chi connectivity index (χ2n) is 12.1. The highest BCUT2D eigenvalue weighted by molar-refractivity contribution is 5.68. The predicted octanol–water partition coefficient (Wildman–Crippen LogP) is 3.21. The van der Waals surface area contributed by atoms with Crippen LogP contribution in [0.1, 0.15) is 52.2 Å². The van der Waals surface area contributed by atoms with Crippen molar-refractivity contribution in [3.63, 3.8) is 0 Å². The van der Waals surface area contributed by atoms with E-state index in [-0.39, 0.29) is 32.8 Å². The molecule has 0 spiro atoms. The maximum atomic E-state index is 12.5. The fourth-order valence-corrected chi connectivity index (χ4v) is 6.08. The van der Waals surface area contributed by atoms with E-state index < -0.39 is 84.8 Å². The molecule has 0 radical (unpaired) electrons. The van der Waals surface area contributed by atoms with Crippen molar-refractivity contribution in [3.05, 3.63) is 71.8 Å². The summed E-state index contributed by atoms with van der Waals surface area (Å²) in [4.78, 5) is 61.1. The van der Waals surface area contributed by atoms with Crippen LogP contribution in [0.2, 0.25) is 0 Å². The summed E-state index contributed by atoms with van der Waals surface area (Å²) in [6.45, 7) is 6.00. The highest BCUT2D eigenvalue weighted by Gasteiger charge is 2.55. The van der Waals surface area contributed by atoms with Gasteiger partial charge in [-0.05, 0) is 17.5 Å². The lowest BCUT2D eigenvalue weighted by Crippen LogP contribution is -2.62. The normalized spacial score (nSPS) is 27.5. The maximum Gasteiger partial charge on any atom is 0.305 e. The Bertz CT molecular complexity index is 1430. The first-order valence-electron chi connectivity index (χ1n) is 16.3. The molecule has 2 saturated heterocycles. The van der Waals surface area contributed by atoms with Crippen LogP contribution in [0.3, 0.4) is 0 Å². The molecule has 50 heavy (non-hydrogen) atoms. The Hall–Kier alpha value is -4.37. The molecule has 14 nitrogen and oxygen atoms in total. The van der Waals surface area contributed by atoms with E-state index in [0.29, 0.717) is 0 Å². The molecule has 0 aliphatic carbocycles. The minimum atomic E-state index is -1.27. The molecular formula is C36H44O14. The van der Waals surface area contributed by atoms with Gasteiger partial charge in [0, 0.05) is 40.5 Å². The zero-order chi connectivity index (χ0) is 36.2. The summed E-state index contributed by atoms with van der Waals surface area (Å²) < 4.78 is 52.9. The molecule has 2 aliphatic rings. The number of ether oxygens (including phenoxy) is 9. The molecule has 14 heteroatoms. The molecule has 4 rings (SSSR count). The van der Waals surface area contributed by atoms with Gasteiger partial charge in [0.2, 0.25) is 6.29 Å². The summed E-state index contributed by atoms with van der Waals surface area (Å²) >= 11 is 0. The molecule has 0 N–H and O–H groups in total. The third-order valence-electron chi connectivity index (χ3n) is 8.03. The van der Waals surface area contributed by atoms with Crippen LogP contribution in [-0.4, -0.2) is 92.1 Å². The van der Waals surface area contributed by atoms with Crippen LogP contribution < -0.4 is 0 Å². The van der Waals surface area contributed by atoms with Gasteiger partial charge in [-0.15, -0.1) is 0 Å². The number of carbonyl (C=O) groups is 5. The lowest BCUT2D eigenvalue weighted by atomic mass is 9.85. The molecule has 2 heterocycles. The van der Waals surface area contributed by atoms with Crippen LogP contribution in [-0.2, 0) is 79.8 Å². The molecule has 0 aromatic heterocycles. The topological polar surface area (TPSA) is 168 Å². The number of esters is 5. The molecule has 0 saturated carbocycles. The Balaban J connectivity index is 1.72. The van der Waals surface area contributed by atoms with Crippen molar-refractivity contribution >= 4 is 29.8 Å². The van der Waals surface area contributed by atoms with E-state index >= 15 is 0 Å². The number of benzene rings is 2. The standard InChI is InChI=1S/C36H44O14/c1-21(37)43-20-31-34(46-23(3)39)35(47-24(4)40)33(44-18-27-14-10-7-11-15-27)29(49-31)16-28-30(19-42-17-26-12-8-6-9-13-26)50-36(48-25(5)41)32(28)45-22(2)38/h6-15,28-36H,16-20H2,1-5H3/t28-,29-,30-,31-,32-,33+,34-,35-,36?/m1/s1. The predicted molar refractivity (Wildman–Crippen MR) is 172 cm³/mol. The van der Waals surface area contributed by atoms with Crippen molar-refractivity contribution in [2.24, 2.45) is 5.92 Å². The van der Waals surface area contributed by atoms with Crippen LogP contribution in [0.15, 0.2) is 60.7 Å². The molecule has 2 aromatic carbocycles. The van der Waals surface area contributed by atoms with Crippen molar-refractivity contribution in [1.82, 2.24) is 0 Å². The van der Waals surface area contributed by atoms with Crippen LogP contribution in [0, 0.1) is 5.92 Å². The van der Waals surface area contributed by atoms with Crippen molar-refractivity contribution in [2.75, 3.05) is 13.2 Å². The van der Waals surface area contributed by atoms with Gasteiger partial charge in [0.05, 0.1) is 32.0 Å². The number of hydrogen-bond donors (Lipinski definition) is 0. The molecule has 1 unspecified atom stereocenters. The molecule has 2 aliphatic heterocycles. The lowest BCUT2D eigenvalue weighted by Gasteiger charge is -2.46. The van der Waals surface area contributed by atoms with E-state index in [4.69, 9.17) is 42.6 Å². The Labute approximate surface area is 290 Å². The average molecular weight is 701 g/mol. The van der Waals surface area contributed by atoms with Gasteiger partial charge < -0.3 is 42.6 Å². The highest BCUT2D eigenvalue weighted by atomic mass is 16.7. The van der Waals surface area contributed by atoms with Crippen molar-refractivity contribution < 1.29 is 66.6 Å². The van der Waals surface area contributed by atoms with Gasteiger partial charge in [0.1, 0.15) is 18.8 Å². The lowest BCUT2D eigenvalue weighted by molar-refractivity contribution is -0.261. The first-order chi connectivity index (χ1) is 23.9. The number of rotatable bonds is 15. The molecule has 0 bridgehead atoms. The minimum absolute atomic E-state index is 0.0116. The second kappa shape index (κ2) is 18.6. The smallest absolute Gasteiger partial charge is 0.305 e. The Morgan fingerprint density at radius 3 is 1.64 bits per heavy atom. The second-order valence-corrected chi connectivity index (χ2v) is 12.1. The van der Waals surface area contributed by atoms with Gasteiger partial charge in [-0.3, -0.25) is 24.0 Å². The SMILES string of the molecule is CC(=O)OC[C@H]1O[C@H](C[C@@H]2[C@@H](COCc3ccccc3)OC(OC(C)=O)[C@@H]2OC(C)=O)[C@H](OCc2ccccc2)[C@@H](OC(C)=O)[C@@H]1OC(C)=O. The average Bonchev–Trinajstić information content (AvgIpc) is 3.35. The third-order valence-corrected chi connectivity index (χ3v) is 8.03. The van der Waals surface area contributed by atoms with Crippen molar-refractivity contribution in [1.29, 1.82) is 0 Å². The van der Waals surface area contributed by atoms with Crippen molar-refractivity contribution in [3.8, 4) is 0 Å². The zero-order valence-corrected chi connectivity index (χ0v) is 28.7. The van der Waals surface area contributed by atoms with Crippen LogP contribution in [0.4, 0.5) is 0 Å². The molecule has 9 atom stereocenters. The summed E-state index contributed by atoms with van der Waals surface area (Å²) in [6, 6.07) is 18.7. The molecular weight excluding hydrogens is 656 g/mol. The third kappa shape index (κ3) is 11.3. The summed E-state index contributed by atoms with van der Waals surface area (Å²) in [5.41, 5.74) is 1.71. The highest BCUT2D eigenvalue weighted by Crippen LogP contribution is 2.39. The molecule has 2 fully saturated rings. The monoisotopic (exact) mass is 700 g/mol. The Kier molecular flexibility index (Phi) is 14.3. The first kappa shape index (κ1) is 38.4. The van der Waals surface area contributed by atoms with E-state index in [9.17, 15) is 24.0 Å². The van der Waals surface area contributed by atoms with E-state index in [1.54, 1.807) is 0 Å². The van der Waals surface area contributed by atoms with E-state index in [1.807, 2.05) is 60.7 Å². The van der Waals surface area contributed by atoms with Crippen LogP contribution in [0.5, 0.6) is 0 Å². The largest absolute Gasteiger partial charge is 0.463 e. The Morgan fingerprint density at radius 2 is 1.08 bits per heavy atom. The van der Waals surface area contributed by atoms with Gasteiger partial charge in [0.25, 0.3) is 0 Å². The van der Waals surface area contributed by atoms with E-state index in [0.717, 1.165) is 11.1 Å². The van der Waals surface area contributed by atoms with Gasteiger partial charge in [-0.25, -0.2) is 0 Å². The van der Waals surface area contributed by atoms with Gasteiger partial charge in [-0.2, -0.15) is 0 Å². The first-order valence-corrected chi connectivity index (χ1v) is 16.3. The van der Waals surface area contributed by atoms with Crippen molar-refractivity contribution in [2.45, 2.75) is 103 Å². The summed E-state index contributed by atoms with van der Waals surface area (Å²) in [6.07, 6.45) is -8.68. The van der Waals surface area contributed by atoms with Gasteiger partial charge in [0.15, 0.2) is 18.3 Å². The number of hydrogen-bond acceptors (Lipinski definition) is 14. The summed E-state index contributed by atoms with van der Waals surface area (Å²) in [7, 11) is 0. The minimum Gasteiger partial charge on any atom is -0.463 e. The zero-order valence-electron chi connectivity index (χ0n) is 28.7. The summed E-state index contributed by atoms with van der Waals surface area (Å²) in [5, 5.41) is 0. The fourth-order valence-electron chi connectivity index (χ4n) is 6.08. The molecule has 2 aromatic rings. The molecule has 272 valence electrons. The van der Waals surface area contributed by atoms with Gasteiger partial charge in [-0.1, -0.05) is 60.7 Å². The fraction of sp³-hybridized carbons (Fsp3) is 0.528. The van der Waals surface area contributed by atoms with E-state index in [1.165, 1.54) is 34.6 Å². The van der Waals surface area contributed by atoms with Crippen LogP contribution >= 0.6 is 0 Å². The van der Waals surface area contributed by atoms with E-state index in [2.05, 4.69) is 0 Å². The van der Waals surface area contributed by atoms with Gasteiger partial charge >= 0.3 is 29.8 Å². The quantitative estimate of drug-likeness (QED) is 0.196.